The smallest absolute Gasteiger partial charge is 0.167 e. The van der Waals surface area contributed by atoms with Gasteiger partial charge in [0.1, 0.15) is 0 Å². The molecule has 2 heterocycles. The third-order valence-corrected chi connectivity index (χ3v) is 6.70. The largest absolute Gasteiger partial charge is 0.356 e. The number of benzene rings is 1. The summed E-state index contributed by atoms with van der Waals surface area (Å²) in [4.78, 5) is 2.43. The van der Waals surface area contributed by atoms with Crippen LogP contribution in [-0.2, 0) is 6.42 Å². The molecule has 0 unspecified atom stereocenters. The van der Waals surface area contributed by atoms with Crippen molar-refractivity contribution in [3.8, 4) is 11.3 Å². The molecular formula is C22H31N3O. The van der Waals surface area contributed by atoms with E-state index in [9.17, 15) is 0 Å². The van der Waals surface area contributed by atoms with E-state index in [4.69, 9.17) is 4.52 Å². The van der Waals surface area contributed by atoms with E-state index in [-0.39, 0.29) is 0 Å². The first-order valence-corrected chi connectivity index (χ1v) is 9.98. The Morgan fingerprint density at radius 1 is 1.19 bits per heavy atom. The van der Waals surface area contributed by atoms with Gasteiger partial charge in [0.2, 0.25) is 0 Å². The van der Waals surface area contributed by atoms with Crippen LogP contribution in [0.5, 0.6) is 0 Å². The topological polar surface area (TPSA) is 41.3 Å². The number of rotatable bonds is 5. The van der Waals surface area contributed by atoms with Crippen molar-refractivity contribution in [2.75, 3.05) is 20.1 Å². The second kappa shape index (κ2) is 7.16. The number of nitrogens with zero attached hydrogens (tertiary/aromatic N) is 2. The van der Waals surface area contributed by atoms with Gasteiger partial charge in [0.25, 0.3) is 0 Å². The summed E-state index contributed by atoms with van der Waals surface area (Å²) in [6.07, 6.45) is 4.80. The zero-order valence-electron chi connectivity index (χ0n) is 16.2. The third-order valence-electron chi connectivity index (χ3n) is 6.70. The van der Waals surface area contributed by atoms with Crippen LogP contribution >= 0.6 is 0 Å². The Morgan fingerprint density at radius 3 is 2.62 bits per heavy atom. The SMILES string of the molecule is CN1CCC(N[C@H]2C[C@@H](Cc3cc(-c4ccccc4)on3)C2(C)C)CC1. The first kappa shape index (κ1) is 17.7. The average Bonchev–Trinajstić information content (AvgIpc) is 3.12. The normalized spacial score (nSPS) is 26.6. The van der Waals surface area contributed by atoms with Gasteiger partial charge in [0.15, 0.2) is 5.76 Å². The summed E-state index contributed by atoms with van der Waals surface area (Å²) in [6.45, 7) is 7.25. The van der Waals surface area contributed by atoms with Crippen molar-refractivity contribution in [2.24, 2.45) is 11.3 Å². The monoisotopic (exact) mass is 353 g/mol. The quantitative estimate of drug-likeness (QED) is 0.883. The molecule has 1 saturated carbocycles. The molecule has 1 aromatic heterocycles. The van der Waals surface area contributed by atoms with E-state index < -0.39 is 0 Å². The van der Waals surface area contributed by atoms with Crippen molar-refractivity contribution in [1.29, 1.82) is 0 Å². The standard InChI is InChI=1S/C22H31N3O/c1-22(2)17(14-21(22)23-18-9-11-25(3)12-10-18)13-19-15-20(26-24-19)16-7-5-4-6-8-16/h4-8,15,17-18,21,23H,9-14H2,1-3H3/t17-,21+/m1/s1. The van der Waals surface area contributed by atoms with Crippen molar-refractivity contribution >= 4 is 0 Å². The van der Waals surface area contributed by atoms with Crippen LogP contribution in [0.3, 0.4) is 0 Å². The minimum Gasteiger partial charge on any atom is -0.356 e. The van der Waals surface area contributed by atoms with E-state index in [2.05, 4.69) is 54.5 Å². The van der Waals surface area contributed by atoms with Crippen LogP contribution in [0.1, 0.15) is 38.8 Å². The molecular weight excluding hydrogens is 322 g/mol. The molecule has 4 nitrogen and oxygen atoms in total. The van der Waals surface area contributed by atoms with Gasteiger partial charge in [-0.15, -0.1) is 0 Å². The lowest BCUT2D eigenvalue weighted by molar-refractivity contribution is 0.00207. The molecule has 0 spiro atoms. The Hall–Kier alpha value is -1.65. The highest BCUT2D eigenvalue weighted by molar-refractivity contribution is 5.56. The molecule has 26 heavy (non-hydrogen) atoms. The van der Waals surface area contributed by atoms with Crippen molar-refractivity contribution < 1.29 is 4.52 Å². The fourth-order valence-electron chi connectivity index (χ4n) is 4.50. The Bertz CT molecular complexity index is 716. The minimum absolute atomic E-state index is 0.315. The highest BCUT2D eigenvalue weighted by Gasteiger charge is 2.48. The van der Waals surface area contributed by atoms with Crippen LogP contribution in [0.25, 0.3) is 11.3 Å². The summed E-state index contributed by atoms with van der Waals surface area (Å²) in [5.74, 6) is 1.54. The molecule has 1 N–H and O–H groups in total. The third kappa shape index (κ3) is 3.58. The lowest BCUT2D eigenvalue weighted by Crippen LogP contribution is -2.60. The fourth-order valence-corrected chi connectivity index (χ4v) is 4.50. The summed E-state index contributed by atoms with van der Waals surface area (Å²) in [5.41, 5.74) is 2.50. The summed E-state index contributed by atoms with van der Waals surface area (Å²) >= 11 is 0. The van der Waals surface area contributed by atoms with Gasteiger partial charge in [0.05, 0.1) is 5.69 Å². The second-order valence-electron chi connectivity index (χ2n) is 8.80. The number of piperidine rings is 1. The Labute approximate surface area is 156 Å². The van der Waals surface area contributed by atoms with E-state index >= 15 is 0 Å². The first-order chi connectivity index (χ1) is 12.5. The lowest BCUT2D eigenvalue weighted by Gasteiger charge is -2.54. The molecule has 0 amide bonds. The van der Waals surface area contributed by atoms with Gasteiger partial charge in [-0.05, 0) is 57.2 Å². The maximum absolute atomic E-state index is 5.58. The van der Waals surface area contributed by atoms with E-state index in [1.54, 1.807) is 0 Å². The van der Waals surface area contributed by atoms with Gasteiger partial charge < -0.3 is 14.7 Å². The van der Waals surface area contributed by atoms with Gasteiger partial charge >= 0.3 is 0 Å². The maximum Gasteiger partial charge on any atom is 0.167 e. The van der Waals surface area contributed by atoms with Crippen molar-refractivity contribution in [3.63, 3.8) is 0 Å². The molecule has 0 bridgehead atoms. The zero-order valence-corrected chi connectivity index (χ0v) is 16.2. The number of aromatic nitrogens is 1. The van der Waals surface area contributed by atoms with Crippen LogP contribution in [0.4, 0.5) is 0 Å². The zero-order chi connectivity index (χ0) is 18.1. The summed E-state index contributed by atoms with van der Waals surface area (Å²) < 4.78 is 5.58. The number of hydrogen-bond donors (Lipinski definition) is 1. The molecule has 2 fully saturated rings. The van der Waals surface area contributed by atoms with Gasteiger partial charge in [0, 0.05) is 23.7 Å². The van der Waals surface area contributed by atoms with E-state index in [0.29, 0.717) is 23.4 Å². The Morgan fingerprint density at radius 2 is 1.92 bits per heavy atom. The highest BCUT2D eigenvalue weighted by atomic mass is 16.5. The van der Waals surface area contributed by atoms with Gasteiger partial charge in [-0.3, -0.25) is 0 Å². The van der Waals surface area contributed by atoms with Crippen molar-refractivity contribution in [3.05, 3.63) is 42.1 Å². The molecule has 2 aromatic rings. The molecule has 2 aliphatic rings. The fraction of sp³-hybridized carbons (Fsp3) is 0.591. The molecule has 1 aliphatic heterocycles. The van der Waals surface area contributed by atoms with Crippen LogP contribution in [0, 0.1) is 11.3 Å². The molecule has 2 atom stereocenters. The van der Waals surface area contributed by atoms with Crippen molar-refractivity contribution in [2.45, 2.75) is 51.6 Å². The van der Waals surface area contributed by atoms with E-state index in [1.807, 2.05) is 18.2 Å². The van der Waals surface area contributed by atoms with Crippen LogP contribution in [0.2, 0.25) is 0 Å². The maximum atomic E-state index is 5.58. The number of likely N-dealkylation sites (tertiary alicyclic amines) is 1. The number of hydrogen-bond acceptors (Lipinski definition) is 4. The van der Waals surface area contributed by atoms with E-state index in [0.717, 1.165) is 23.4 Å². The highest BCUT2D eigenvalue weighted by Crippen LogP contribution is 2.48. The molecule has 4 rings (SSSR count). The first-order valence-electron chi connectivity index (χ1n) is 9.98. The minimum atomic E-state index is 0.315. The van der Waals surface area contributed by atoms with E-state index in [1.165, 1.54) is 32.4 Å². The second-order valence-corrected chi connectivity index (χ2v) is 8.80. The average molecular weight is 354 g/mol. The number of nitrogens with one attached hydrogen (secondary N) is 1. The molecule has 0 radical (unpaired) electrons. The van der Waals surface area contributed by atoms with Crippen LogP contribution in [-0.4, -0.2) is 42.3 Å². The Kier molecular flexibility index (Phi) is 4.89. The van der Waals surface area contributed by atoms with Gasteiger partial charge in [-0.2, -0.15) is 0 Å². The summed E-state index contributed by atoms with van der Waals surface area (Å²) in [6, 6.07) is 13.7. The lowest BCUT2D eigenvalue weighted by atomic mass is 9.57. The molecule has 1 saturated heterocycles. The molecule has 140 valence electrons. The molecule has 1 aromatic carbocycles. The predicted octanol–water partition coefficient (Wildman–Crippen LogP) is 3.98. The van der Waals surface area contributed by atoms with Crippen LogP contribution in [0.15, 0.2) is 40.9 Å². The molecule has 1 aliphatic carbocycles. The molecule has 4 heteroatoms. The Balaban J connectivity index is 1.33. The van der Waals surface area contributed by atoms with Crippen LogP contribution < -0.4 is 5.32 Å². The van der Waals surface area contributed by atoms with Gasteiger partial charge in [-0.1, -0.05) is 49.3 Å². The van der Waals surface area contributed by atoms with Crippen molar-refractivity contribution in [1.82, 2.24) is 15.4 Å². The summed E-state index contributed by atoms with van der Waals surface area (Å²) in [5, 5.41) is 8.27. The predicted molar refractivity (Wildman–Crippen MR) is 105 cm³/mol. The summed E-state index contributed by atoms with van der Waals surface area (Å²) in [7, 11) is 2.22. The van der Waals surface area contributed by atoms with Gasteiger partial charge in [-0.25, -0.2) is 0 Å².